The van der Waals surface area contributed by atoms with Crippen LogP contribution in [-0.4, -0.2) is 17.3 Å². The summed E-state index contributed by atoms with van der Waals surface area (Å²) in [5.41, 5.74) is 2.17. The van der Waals surface area contributed by atoms with Gasteiger partial charge in [0.1, 0.15) is 17.4 Å². The van der Waals surface area contributed by atoms with Crippen LogP contribution in [0.2, 0.25) is 0 Å². The van der Waals surface area contributed by atoms with Crippen molar-refractivity contribution in [2.45, 2.75) is 0 Å². The zero-order chi connectivity index (χ0) is 11.4. The summed E-state index contributed by atoms with van der Waals surface area (Å²) in [6.45, 7) is 0. The largest absolute Gasteiger partial charge is 0.495 e. The van der Waals surface area contributed by atoms with Crippen molar-refractivity contribution in [3.8, 4) is 22.9 Å². The topological polar surface area (TPSA) is 58.8 Å². The molecule has 0 fully saturated rings. The van der Waals surface area contributed by atoms with E-state index in [2.05, 4.69) is 16.3 Å². The number of ether oxygens (including phenoxy) is 1. The highest BCUT2D eigenvalue weighted by Crippen LogP contribution is 2.28. The number of benzene rings is 1. The van der Waals surface area contributed by atoms with Crippen molar-refractivity contribution in [1.82, 2.24) is 10.2 Å². The maximum atomic E-state index is 9.13. The highest BCUT2D eigenvalue weighted by atomic mass is 16.5. The van der Waals surface area contributed by atoms with Crippen LogP contribution in [0.3, 0.4) is 0 Å². The molecule has 2 aromatic rings. The van der Waals surface area contributed by atoms with Crippen molar-refractivity contribution >= 4 is 0 Å². The minimum absolute atomic E-state index is 0.512. The van der Waals surface area contributed by atoms with Gasteiger partial charge in [0.25, 0.3) is 0 Å². The van der Waals surface area contributed by atoms with Gasteiger partial charge in [-0.2, -0.15) is 15.5 Å². The van der Waals surface area contributed by atoms with Crippen molar-refractivity contribution in [3.63, 3.8) is 0 Å². The van der Waals surface area contributed by atoms with Gasteiger partial charge in [-0.25, -0.2) is 0 Å². The molecule has 0 saturated heterocycles. The second kappa shape index (κ2) is 4.41. The van der Waals surface area contributed by atoms with Gasteiger partial charge in [-0.3, -0.25) is 0 Å². The number of nitriles is 1. The molecule has 0 amide bonds. The van der Waals surface area contributed by atoms with E-state index in [-0.39, 0.29) is 0 Å². The normalized spacial score (nSPS) is 9.50. The van der Waals surface area contributed by atoms with Gasteiger partial charge in [0.05, 0.1) is 19.5 Å². The van der Waals surface area contributed by atoms with E-state index in [0.717, 1.165) is 11.1 Å². The number of hydrogen-bond donors (Lipinski definition) is 0. The number of methoxy groups -OCH3 is 1. The van der Waals surface area contributed by atoms with Crippen molar-refractivity contribution < 1.29 is 4.74 Å². The van der Waals surface area contributed by atoms with Crippen molar-refractivity contribution in [1.29, 1.82) is 5.26 Å². The zero-order valence-corrected chi connectivity index (χ0v) is 8.71. The Hall–Kier alpha value is -2.41. The molecule has 0 bridgehead atoms. The Bertz CT molecular complexity index is 532. The monoisotopic (exact) mass is 211 g/mol. The standard InChI is InChI=1S/C12H9N3O/c1-16-12-4-2-3-10(11(12)7-13)9-5-6-14-15-8-9/h2-6,8H,1H3. The number of hydrogen-bond acceptors (Lipinski definition) is 4. The lowest BCUT2D eigenvalue weighted by Crippen LogP contribution is -1.92. The highest BCUT2D eigenvalue weighted by Gasteiger charge is 2.09. The number of aromatic nitrogens is 2. The first-order valence-corrected chi connectivity index (χ1v) is 4.71. The van der Waals surface area contributed by atoms with Gasteiger partial charge in [-0.1, -0.05) is 12.1 Å². The van der Waals surface area contributed by atoms with Crippen LogP contribution in [0.5, 0.6) is 5.75 Å². The molecule has 1 heterocycles. The van der Waals surface area contributed by atoms with E-state index < -0.39 is 0 Å². The summed E-state index contributed by atoms with van der Waals surface area (Å²) in [6.07, 6.45) is 3.21. The quantitative estimate of drug-likeness (QED) is 0.762. The van der Waals surface area contributed by atoms with Crippen molar-refractivity contribution in [2.24, 2.45) is 0 Å². The zero-order valence-electron chi connectivity index (χ0n) is 8.71. The predicted molar refractivity (Wildman–Crippen MR) is 58.7 cm³/mol. The average Bonchev–Trinajstić information content (AvgIpc) is 2.38. The summed E-state index contributed by atoms with van der Waals surface area (Å²) in [5.74, 6) is 0.566. The Labute approximate surface area is 93.1 Å². The molecule has 1 aromatic carbocycles. The van der Waals surface area contributed by atoms with Crippen molar-refractivity contribution in [2.75, 3.05) is 7.11 Å². The summed E-state index contributed by atoms with van der Waals surface area (Å²) in [7, 11) is 1.55. The van der Waals surface area contributed by atoms with Crippen LogP contribution in [0.1, 0.15) is 5.56 Å². The van der Waals surface area contributed by atoms with Gasteiger partial charge in [-0.05, 0) is 12.1 Å². The van der Waals surface area contributed by atoms with Gasteiger partial charge in [0.2, 0.25) is 0 Å². The summed E-state index contributed by atoms with van der Waals surface area (Å²) >= 11 is 0. The fourth-order valence-electron chi connectivity index (χ4n) is 1.51. The Morgan fingerprint density at radius 3 is 2.75 bits per heavy atom. The molecular formula is C12H9N3O. The van der Waals surface area contributed by atoms with E-state index in [0.29, 0.717) is 11.3 Å². The van der Waals surface area contributed by atoms with E-state index in [9.17, 15) is 0 Å². The first kappa shape index (κ1) is 10.1. The van der Waals surface area contributed by atoms with Crippen LogP contribution < -0.4 is 4.74 Å². The van der Waals surface area contributed by atoms with Crippen LogP contribution in [0, 0.1) is 11.3 Å². The molecule has 0 aliphatic carbocycles. The van der Waals surface area contributed by atoms with Crippen molar-refractivity contribution in [3.05, 3.63) is 42.2 Å². The van der Waals surface area contributed by atoms with Gasteiger partial charge in [-0.15, -0.1) is 0 Å². The van der Waals surface area contributed by atoms with E-state index in [4.69, 9.17) is 10.00 Å². The maximum absolute atomic E-state index is 9.13. The summed E-state index contributed by atoms with van der Waals surface area (Å²) < 4.78 is 5.14. The molecular weight excluding hydrogens is 202 g/mol. The Morgan fingerprint density at radius 2 is 2.12 bits per heavy atom. The van der Waals surface area contributed by atoms with Crippen LogP contribution >= 0.6 is 0 Å². The molecule has 0 aliphatic heterocycles. The SMILES string of the molecule is COc1cccc(-c2ccnnc2)c1C#N. The predicted octanol–water partition coefficient (Wildman–Crippen LogP) is 2.02. The third-order valence-electron chi connectivity index (χ3n) is 2.25. The molecule has 0 atom stereocenters. The molecule has 1 aromatic heterocycles. The summed E-state index contributed by atoms with van der Waals surface area (Å²) in [5, 5.41) is 16.6. The Morgan fingerprint density at radius 1 is 1.25 bits per heavy atom. The molecule has 0 radical (unpaired) electrons. The Kier molecular flexibility index (Phi) is 2.79. The fourth-order valence-corrected chi connectivity index (χ4v) is 1.51. The molecule has 78 valence electrons. The summed E-state index contributed by atoms with van der Waals surface area (Å²) in [4.78, 5) is 0. The van der Waals surface area contributed by atoms with Gasteiger partial charge < -0.3 is 4.74 Å². The lowest BCUT2D eigenvalue weighted by Gasteiger charge is -2.07. The molecule has 0 aliphatic rings. The molecule has 0 N–H and O–H groups in total. The molecule has 4 nitrogen and oxygen atoms in total. The highest BCUT2D eigenvalue weighted by molar-refractivity contribution is 5.72. The van der Waals surface area contributed by atoms with Gasteiger partial charge >= 0.3 is 0 Å². The summed E-state index contributed by atoms with van der Waals surface area (Å²) in [6, 6.07) is 9.41. The average molecular weight is 211 g/mol. The molecule has 0 saturated carbocycles. The molecule has 4 heteroatoms. The molecule has 0 spiro atoms. The van der Waals surface area contributed by atoms with Gasteiger partial charge in [0, 0.05) is 11.1 Å². The van der Waals surface area contributed by atoms with E-state index >= 15 is 0 Å². The minimum Gasteiger partial charge on any atom is -0.495 e. The lowest BCUT2D eigenvalue weighted by molar-refractivity contribution is 0.413. The van der Waals surface area contributed by atoms with Crippen LogP contribution in [0.25, 0.3) is 11.1 Å². The third kappa shape index (κ3) is 1.71. The van der Waals surface area contributed by atoms with Crippen LogP contribution in [0.4, 0.5) is 0 Å². The smallest absolute Gasteiger partial charge is 0.137 e. The first-order chi connectivity index (χ1) is 7.86. The maximum Gasteiger partial charge on any atom is 0.137 e. The Balaban J connectivity index is 2.63. The van der Waals surface area contributed by atoms with E-state index in [1.165, 1.54) is 0 Å². The second-order valence-corrected chi connectivity index (χ2v) is 3.13. The fraction of sp³-hybridized carbons (Fsp3) is 0.0833. The second-order valence-electron chi connectivity index (χ2n) is 3.13. The third-order valence-corrected chi connectivity index (χ3v) is 2.25. The lowest BCUT2D eigenvalue weighted by atomic mass is 10.0. The van der Waals surface area contributed by atoms with Gasteiger partial charge in [0.15, 0.2) is 0 Å². The molecule has 2 rings (SSSR count). The molecule has 0 unspecified atom stereocenters. The molecule has 16 heavy (non-hydrogen) atoms. The minimum atomic E-state index is 0.512. The van der Waals surface area contributed by atoms with E-state index in [1.54, 1.807) is 25.6 Å². The van der Waals surface area contributed by atoms with Crippen LogP contribution in [0.15, 0.2) is 36.7 Å². The van der Waals surface area contributed by atoms with Crippen LogP contribution in [-0.2, 0) is 0 Å². The van der Waals surface area contributed by atoms with E-state index in [1.807, 2.05) is 18.2 Å². The number of nitrogens with zero attached hydrogens (tertiary/aromatic N) is 3. The number of rotatable bonds is 2. The first-order valence-electron chi connectivity index (χ1n) is 4.71.